The van der Waals surface area contributed by atoms with Crippen LogP contribution in [0.25, 0.3) is 0 Å². The highest BCUT2D eigenvalue weighted by atomic mass is 19.3. The molecule has 0 saturated carbocycles. The standard InChI is InChI=1S/C13H19F2NO2/c1-18-12-4-2-11(3-5-12)6-7-16(8-9-17)10-13(14)15/h2-5,13,17H,6-10H2,1H3. The summed E-state index contributed by atoms with van der Waals surface area (Å²) in [5, 5.41) is 8.81. The first-order valence-electron chi connectivity index (χ1n) is 5.90. The lowest BCUT2D eigenvalue weighted by Crippen LogP contribution is -2.33. The fourth-order valence-electron chi connectivity index (χ4n) is 1.71. The van der Waals surface area contributed by atoms with E-state index in [4.69, 9.17) is 9.84 Å². The van der Waals surface area contributed by atoms with Crippen molar-refractivity contribution in [2.45, 2.75) is 12.8 Å². The molecule has 0 aromatic heterocycles. The lowest BCUT2D eigenvalue weighted by molar-refractivity contribution is 0.0789. The predicted octanol–water partition coefficient (Wildman–Crippen LogP) is 1.80. The van der Waals surface area contributed by atoms with Crippen molar-refractivity contribution in [2.75, 3.05) is 33.4 Å². The van der Waals surface area contributed by atoms with E-state index in [1.807, 2.05) is 24.3 Å². The van der Waals surface area contributed by atoms with Crippen LogP contribution < -0.4 is 4.74 Å². The van der Waals surface area contributed by atoms with Crippen LogP contribution in [0.2, 0.25) is 0 Å². The molecule has 0 saturated heterocycles. The maximum atomic E-state index is 12.3. The summed E-state index contributed by atoms with van der Waals surface area (Å²) in [7, 11) is 1.60. The summed E-state index contributed by atoms with van der Waals surface area (Å²) >= 11 is 0. The summed E-state index contributed by atoms with van der Waals surface area (Å²) in [5.41, 5.74) is 1.06. The number of rotatable bonds is 8. The van der Waals surface area contributed by atoms with Crippen molar-refractivity contribution in [3.63, 3.8) is 0 Å². The van der Waals surface area contributed by atoms with E-state index in [1.165, 1.54) is 0 Å². The molecule has 0 heterocycles. The van der Waals surface area contributed by atoms with E-state index in [0.717, 1.165) is 11.3 Å². The van der Waals surface area contributed by atoms with Gasteiger partial charge in [0.1, 0.15) is 5.75 Å². The molecule has 102 valence electrons. The SMILES string of the molecule is COc1ccc(CCN(CCO)CC(F)F)cc1. The van der Waals surface area contributed by atoms with Crippen LogP contribution in [-0.4, -0.2) is 49.8 Å². The molecule has 0 amide bonds. The molecule has 0 spiro atoms. The lowest BCUT2D eigenvalue weighted by Gasteiger charge is -2.20. The number of alkyl halides is 2. The second kappa shape index (κ2) is 8.00. The van der Waals surface area contributed by atoms with Crippen molar-refractivity contribution < 1.29 is 18.6 Å². The van der Waals surface area contributed by atoms with Gasteiger partial charge in [0.15, 0.2) is 0 Å². The van der Waals surface area contributed by atoms with E-state index in [1.54, 1.807) is 12.0 Å². The Hall–Kier alpha value is -1.20. The Morgan fingerprint density at radius 2 is 1.89 bits per heavy atom. The van der Waals surface area contributed by atoms with Gasteiger partial charge in [-0.2, -0.15) is 0 Å². The van der Waals surface area contributed by atoms with Gasteiger partial charge in [-0.1, -0.05) is 12.1 Å². The van der Waals surface area contributed by atoms with Gasteiger partial charge in [-0.15, -0.1) is 0 Å². The van der Waals surface area contributed by atoms with Crippen LogP contribution >= 0.6 is 0 Å². The maximum absolute atomic E-state index is 12.3. The molecule has 1 aromatic carbocycles. The molecule has 0 atom stereocenters. The van der Waals surface area contributed by atoms with Crippen molar-refractivity contribution in [1.82, 2.24) is 4.90 Å². The average Bonchev–Trinajstić information content (AvgIpc) is 2.36. The fourth-order valence-corrected chi connectivity index (χ4v) is 1.71. The molecule has 1 rings (SSSR count). The minimum absolute atomic E-state index is 0.102. The molecular weight excluding hydrogens is 240 g/mol. The van der Waals surface area contributed by atoms with E-state index < -0.39 is 6.43 Å². The zero-order chi connectivity index (χ0) is 13.4. The first-order valence-corrected chi connectivity index (χ1v) is 5.90. The summed E-state index contributed by atoms with van der Waals surface area (Å²) < 4.78 is 29.6. The fraction of sp³-hybridized carbons (Fsp3) is 0.538. The smallest absolute Gasteiger partial charge is 0.251 e. The van der Waals surface area contributed by atoms with Gasteiger partial charge >= 0.3 is 0 Å². The molecule has 0 aliphatic heterocycles. The Kier molecular flexibility index (Phi) is 6.60. The van der Waals surface area contributed by atoms with E-state index >= 15 is 0 Å². The molecule has 1 N–H and O–H groups in total. The number of hydrogen-bond acceptors (Lipinski definition) is 3. The Balaban J connectivity index is 2.44. The van der Waals surface area contributed by atoms with E-state index in [0.29, 0.717) is 13.0 Å². The number of hydrogen-bond donors (Lipinski definition) is 1. The van der Waals surface area contributed by atoms with Crippen molar-refractivity contribution in [1.29, 1.82) is 0 Å². The number of aliphatic hydroxyl groups excluding tert-OH is 1. The molecular formula is C13H19F2NO2. The summed E-state index contributed by atoms with van der Waals surface area (Å²) in [6.45, 7) is 0.393. The molecule has 5 heteroatoms. The molecule has 0 aliphatic carbocycles. The van der Waals surface area contributed by atoms with Gasteiger partial charge in [0.2, 0.25) is 0 Å². The van der Waals surface area contributed by atoms with E-state index in [2.05, 4.69) is 0 Å². The van der Waals surface area contributed by atoms with Crippen LogP contribution in [0.5, 0.6) is 5.75 Å². The number of nitrogens with zero attached hydrogens (tertiary/aromatic N) is 1. The molecule has 0 fully saturated rings. The summed E-state index contributed by atoms with van der Waals surface area (Å²) in [6, 6.07) is 7.52. The van der Waals surface area contributed by atoms with Gasteiger partial charge in [0.25, 0.3) is 6.43 Å². The van der Waals surface area contributed by atoms with E-state index in [9.17, 15) is 8.78 Å². The Bertz CT molecular complexity index is 330. The highest BCUT2D eigenvalue weighted by molar-refractivity contribution is 5.27. The zero-order valence-corrected chi connectivity index (χ0v) is 10.5. The normalized spacial score (nSPS) is 11.2. The predicted molar refractivity (Wildman–Crippen MR) is 66.2 cm³/mol. The molecule has 0 radical (unpaired) electrons. The Morgan fingerprint density at radius 3 is 2.39 bits per heavy atom. The first-order chi connectivity index (χ1) is 8.65. The number of aliphatic hydroxyl groups is 1. The number of benzene rings is 1. The molecule has 0 aliphatic rings. The molecule has 3 nitrogen and oxygen atoms in total. The Labute approximate surface area is 106 Å². The third-order valence-corrected chi connectivity index (χ3v) is 2.69. The van der Waals surface area contributed by atoms with Gasteiger partial charge in [-0.05, 0) is 24.1 Å². The third-order valence-electron chi connectivity index (χ3n) is 2.69. The van der Waals surface area contributed by atoms with Gasteiger partial charge in [0, 0.05) is 13.1 Å². The number of halogens is 2. The highest BCUT2D eigenvalue weighted by Gasteiger charge is 2.11. The van der Waals surface area contributed by atoms with Crippen LogP contribution in [-0.2, 0) is 6.42 Å². The molecule has 0 unspecified atom stereocenters. The topological polar surface area (TPSA) is 32.7 Å². The largest absolute Gasteiger partial charge is 0.497 e. The van der Waals surface area contributed by atoms with Crippen LogP contribution in [0.4, 0.5) is 8.78 Å². The molecule has 0 bridgehead atoms. The van der Waals surface area contributed by atoms with Gasteiger partial charge in [-0.25, -0.2) is 8.78 Å². The minimum Gasteiger partial charge on any atom is -0.497 e. The number of methoxy groups -OCH3 is 1. The zero-order valence-electron chi connectivity index (χ0n) is 10.5. The van der Waals surface area contributed by atoms with E-state index in [-0.39, 0.29) is 19.7 Å². The van der Waals surface area contributed by atoms with Crippen LogP contribution in [0.15, 0.2) is 24.3 Å². The van der Waals surface area contributed by atoms with Gasteiger partial charge in [-0.3, -0.25) is 4.90 Å². The van der Waals surface area contributed by atoms with Crippen molar-refractivity contribution in [3.05, 3.63) is 29.8 Å². The monoisotopic (exact) mass is 259 g/mol. The average molecular weight is 259 g/mol. The number of ether oxygens (including phenoxy) is 1. The summed E-state index contributed by atoms with van der Waals surface area (Å²) in [4.78, 5) is 1.56. The van der Waals surface area contributed by atoms with Crippen molar-refractivity contribution in [3.8, 4) is 5.75 Å². The van der Waals surface area contributed by atoms with Crippen molar-refractivity contribution in [2.24, 2.45) is 0 Å². The second-order valence-electron chi connectivity index (χ2n) is 4.01. The first kappa shape index (κ1) is 14.9. The third kappa shape index (κ3) is 5.42. The van der Waals surface area contributed by atoms with Crippen LogP contribution in [0.1, 0.15) is 5.56 Å². The maximum Gasteiger partial charge on any atom is 0.251 e. The highest BCUT2D eigenvalue weighted by Crippen LogP contribution is 2.12. The lowest BCUT2D eigenvalue weighted by atomic mass is 10.1. The summed E-state index contributed by atoms with van der Waals surface area (Å²) in [5.74, 6) is 0.776. The van der Waals surface area contributed by atoms with Crippen LogP contribution in [0, 0.1) is 0 Å². The van der Waals surface area contributed by atoms with Crippen molar-refractivity contribution >= 4 is 0 Å². The van der Waals surface area contributed by atoms with Crippen LogP contribution in [0.3, 0.4) is 0 Å². The Morgan fingerprint density at radius 1 is 1.22 bits per heavy atom. The minimum atomic E-state index is -2.37. The quantitative estimate of drug-likeness (QED) is 0.772. The second-order valence-corrected chi connectivity index (χ2v) is 4.01. The molecule has 1 aromatic rings. The van der Waals surface area contributed by atoms with Gasteiger partial charge < -0.3 is 9.84 Å². The summed E-state index contributed by atoms with van der Waals surface area (Å²) in [6.07, 6.45) is -1.69. The molecule has 18 heavy (non-hydrogen) atoms. The van der Waals surface area contributed by atoms with Gasteiger partial charge in [0.05, 0.1) is 20.3 Å².